The van der Waals surface area contributed by atoms with E-state index in [4.69, 9.17) is 5.73 Å². The van der Waals surface area contributed by atoms with Crippen LogP contribution in [0.5, 0.6) is 0 Å². The van der Waals surface area contributed by atoms with Crippen LogP contribution in [0.4, 0.5) is 4.39 Å². The Morgan fingerprint density at radius 1 is 1.56 bits per heavy atom. The van der Waals surface area contributed by atoms with Gasteiger partial charge in [-0.2, -0.15) is 0 Å². The molecule has 0 spiro atoms. The van der Waals surface area contributed by atoms with Crippen LogP contribution >= 0.6 is 15.9 Å². The van der Waals surface area contributed by atoms with Crippen LogP contribution in [0.3, 0.4) is 0 Å². The van der Waals surface area contributed by atoms with Crippen LogP contribution in [0, 0.1) is 11.7 Å². The van der Waals surface area contributed by atoms with Gasteiger partial charge >= 0.3 is 0 Å². The van der Waals surface area contributed by atoms with E-state index >= 15 is 0 Å². The second-order valence-corrected chi connectivity index (χ2v) is 5.63. The lowest BCUT2D eigenvalue weighted by Gasteiger charge is -2.11. The molecule has 0 saturated heterocycles. The minimum Gasteiger partial charge on any atom is -0.352 e. The molecule has 0 aromatic heterocycles. The summed E-state index contributed by atoms with van der Waals surface area (Å²) in [6.45, 7) is 0.196. The maximum atomic E-state index is 13.4. The number of amides is 1. The number of hydrogen-bond acceptors (Lipinski definition) is 2. The third kappa shape index (κ3) is 3.78. The van der Waals surface area contributed by atoms with Gasteiger partial charge in [0, 0.05) is 29.0 Å². The van der Waals surface area contributed by atoms with E-state index in [1.807, 2.05) is 0 Å². The number of nitrogens with two attached hydrogens (primary N) is 1. The summed E-state index contributed by atoms with van der Waals surface area (Å²) in [5.41, 5.74) is 6.33. The van der Waals surface area contributed by atoms with Gasteiger partial charge in [0.25, 0.3) is 0 Å². The van der Waals surface area contributed by atoms with Gasteiger partial charge in [0.1, 0.15) is 5.82 Å². The molecule has 1 aromatic carbocycles. The average molecular weight is 315 g/mol. The Kier molecular flexibility index (Phi) is 4.35. The highest BCUT2D eigenvalue weighted by Gasteiger charge is 2.29. The molecule has 0 bridgehead atoms. The molecule has 5 heteroatoms. The number of nitrogens with one attached hydrogen (secondary N) is 1. The summed E-state index contributed by atoms with van der Waals surface area (Å²) in [6.07, 6.45) is 2.56. The molecule has 1 atom stereocenters. The van der Waals surface area contributed by atoms with Crippen LogP contribution in [0.1, 0.15) is 24.8 Å². The first-order valence-electron chi connectivity index (χ1n) is 6.02. The minimum absolute atomic E-state index is 0.0580. The summed E-state index contributed by atoms with van der Waals surface area (Å²) in [5, 5.41) is 2.70. The van der Waals surface area contributed by atoms with E-state index in [0.29, 0.717) is 17.9 Å². The van der Waals surface area contributed by atoms with Crippen molar-refractivity contribution in [1.82, 2.24) is 5.32 Å². The maximum Gasteiger partial charge on any atom is 0.221 e. The van der Waals surface area contributed by atoms with Gasteiger partial charge in [0.05, 0.1) is 0 Å². The quantitative estimate of drug-likeness (QED) is 0.876. The van der Waals surface area contributed by atoms with Gasteiger partial charge in [-0.25, -0.2) is 4.39 Å². The Morgan fingerprint density at radius 3 is 2.94 bits per heavy atom. The Labute approximate surface area is 114 Å². The Bertz CT molecular complexity index is 449. The monoisotopic (exact) mass is 314 g/mol. The van der Waals surface area contributed by atoms with Crippen molar-refractivity contribution in [3.63, 3.8) is 0 Å². The Balaban J connectivity index is 1.82. The van der Waals surface area contributed by atoms with Crippen LogP contribution in [0.25, 0.3) is 0 Å². The molecule has 98 valence electrons. The fourth-order valence-electron chi connectivity index (χ4n) is 1.85. The predicted molar refractivity (Wildman–Crippen MR) is 71.3 cm³/mol. The third-order valence-corrected chi connectivity index (χ3v) is 3.63. The van der Waals surface area contributed by atoms with Crippen molar-refractivity contribution in [2.24, 2.45) is 11.7 Å². The predicted octanol–water partition coefficient (Wildman–Crippen LogP) is 2.33. The van der Waals surface area contributed by atoms with Gasteiger partial charge in [0.15, 0.2) is 0 Å². The maximum absolute atomic E-state index is 13.4. The van der Waals surface area contributed by atoms with E-state index in [1.54, 1.807) is 12.1 Å². The second kappa shape index (κ2) is 5.80. The van der Waals surface area contributed by atoms with Crippen molar-refractivity contribution in [3.8, 4) is 0 Å². The topological polar surface area (TPSA) is 55.1 Å². The highest BCUT2D eigenvalue weighted by atomic mass is 79.9. The van der Waals surface area contributed by atoms with E-state index in [9.17, 15) is 9.18 Å². The van der Waals surface area contributed by atoms with Gasteiger partial charge in [-0.15, -0.1) is 0 Å². The van der Waals surface area contributed by atoms with Gasteiger partial charge < -0.3 is 11.1 Å². The number of carbonyl (C=O) groups is 1. The number of benzene rings is 1. The standard InChI is InChI=1S/C13H16BrFN2O/c14-10-3-4-11(15)9(5-10)7-17-13(18)6-12(16)8-1-2-8/h3-5,8,12H,1-2,6-7,16H2,(H,17,18). The van der Waals surface area contributed by atoms with Crippen molar-refractivity contribution in [1.29, 1.82) is 0 Å². The minimum atomic E-state index is -0.315. The van der Waals surface area contributed by atoms with E-state index < -0.39 is 0 Å². The Morgan fingerprint density at radius 2 is 2.28 bits per heavy atom. The summed E-state index contributed by atoms with van der Waals surface area (Å²) in [7, 11) is 0. The molecule has 1 saturated carbocycles. The zero-order valence-electron chi connectivity index (χ0n) is 9.96. The molecule has 1 aliphatic rings. The zero-order chi connectivity index (χ0) is 13.1. The molecule has 1 amide bonds. The van der Waals surface area contributed by atoms with E-state index in [1.165, 1.54) is 6.07 Å². The van der Waals surface area contributed by atoms with Crippen molar-refractivity contribution in [3.05, 3.63) is 34.1 Å². The molecule has 1 aliphatic carbocycles. The number of halogens is 2. The fraction of sp³-hybridized carbons (Fsp3) is 0.462. The van der Waals surface area contributed by atoms with Crippen LogP contribution < -0.4 is 11.1 Å². The van der Waals surface area contributed by atoms with Crippen LogP contribution in [0.2, 0.25) is 0 Å². The summed E-state index contributed by atoms with van der Waals surface area (Å²) >= 11 is 3.27. The van der Waals surface area contributed by atoms with Crippen molar-refractivity contribution in [2.75, 3.05) is 0 Å². The highest BCUT2D eigenvalue weighted by molar-refractivity contribution is 9.10. The molecule has 1 unspecified atom stereocenters. The summed E-state index contributed by atoms with van der Waals surface area (Å²) in [5.74, 6) is 0.0668. The van der Waals surface area contributed by atoms with Crippen molar-refractivity contribution >= 4 is 21.8 Å². The third-order valence-electron chi connectivity index (χ3n) is 3.13. The summed E-state index contributed by atoms with van der Waals surface area (Å²) in [4.78, 5) is 11.6. The van der Waals surface area contributed by atoms with Gasteiger partial charge in [-0.05, 0) is 37.0 Å². The number of carbonyl (C=O) groups excluding carboxylic acids is 1. The lowest BCUT2D eigenvalue weighted by Crippen LogP contribution is -2.32. The SMILES string of the molecule is NC(CC(=O)NCc1cc(Br)ccc1F)C1CC1. The van der Waals surface area contributed by atoms with E-state index in [-0.39, 0.29) is 24.3 Å². The molecular weight excluding hydrogens is 299 g/mol. The molecule has 1 fully saturated rings. The largest absolute Gasteiger partial charge is 0.352 e. The highest BCUT2D eigenvalue weighted by Crippen LogP contribution is 2.32. The van der Waals surface area contributed by atoms with E-state index in [0.717, 1.165) is 17.3 Å². The number of rotatable bonds is 5. The molecule has 18 heavy (non-hydrogen) atoms. The van der Waals surface area contributed by atoms with Crippen molar-refractivity contribution in [2.45, 2.75) is 31.8 Å². The van der Waals surface area contributed by atoms with Crippen LogP contribution in [-0.4, -0.2) is 11.9 Å². The van der Waals surface area contributed by atoms with Gasteiger partial charge in [0.2, 0.25) is 5.91 Å². The molecule has 0 radical (unpaired) electrons. The lowest BCUT2D eigenvalue weighted by atomic mass is 10.1. The molecule has 3 nitrogen and oxygen atoms in total. The molecular formula is C13H16BrFN2O. The molecule has 0 heterocycles. The first kappa shape index (κ1) is 13.5. The number of hydrogen-bond donors (Lipinski definition) is 2. The smallest absolute Gasteiger partial charge is 0.221 e. The molecule has 0 aliphatic heterocycles. The second-order valence-electron chi connectivity index (χ2n) is 4.72. The lowest BCUT2D eigenvalue weighted by molar-refractivity contribution is -0.121. The van der Waals surface area contributed by atoms with E-state index in [2.05, 4.69) is 21.2 Å². The van der Waals surface area contributed by atoms with Crippen LogP contribution in [-0.2, 0) is 11.3 Å². The summed E-state index contributed by atoms with van der Waals surface area (Å²) < 4.78 is 14.2. The molecule has 1 aromatic rings. The Hall–Kier alpha value is -0.940. The van der Waals surface area contributed by atoms with Crippen LogP contribution in [0.15, 0.2) is 22.7 Å². The van der Waals surface area contributed by atoms with Gasteiger partial charge in [-0.1, -0.05) is 15.9 Å². The average Bonchev–Trinajstić information content (AvgIpc) is 3.14. The van der Waals surface area contributed by atoms with Gasteiger partial charge in [-0.3, -0.25) is 4.79 Å². The fourth-order valence-corrected chi connectivity index (χ4v) is 2.26. The van der Waals surface area contributed by atoms with Crippen molar-refractivity contribution < 1.29 is 9.18 Å². The zero-order valence-corrected chi connectivity index (χ0v) is 11.5. The normalized spacial score (nSPS) is 16.4. The molecule has 3 N–H and O–H groups in total. The molecule has 2 rings (SSSR count). The first-order valence-corrected chi connectivity index (χ1v) is 6.82. The summed E-state index contributed by atoms with van der Waals surface area (Å²) in [6, 6.07) is 4.61. The first-order chi connectivity index (χ1) is 8.56.